The lowest BCUT2D eigenvalue weighted by molar-refractivity contribution is 0.284. The van der Waals surface area contributed by atoms with Crippen molar-refractivity contribution in [1.29, 1.82) is 0 Å². The Labute approximate surface area is 159 Å². The van der Waals surface area contributed by atoms with Gasteiger partial charge in [0.05, 0.1) is 7.11 Å². The van der Waals surface area contributed by atoms with Crippen molar-refractivity contribution in [3.05, 3.63) is 57.6 Å². The van der Waals surface area contributed by atoms with Crippen LogP contribution in [-0.2, 0) is 13.2 Å². The van der Waals surface area contributed by atoms with E-state index in [9.17, 15) is 0 Å². The van der Waals surface area contributed by atoms with Gasteiger partial charge in [0.2, 0.25) is 0 Å². The van der Waals surface area contributed by atoms with E-state index >= 15 is 0 Å². The summed E-state index contributed by atoms with van der Waals surface area (Å²) in [5.41, 5.74) is 1.97. The topological polar surface area (TPSA) is 33.7 Å². The van der Waals surface area contributed by atoms with Crippen LogP contribution in [0.5, 0.6) is 11.5 Å². The molecule has 2 aromatic rings. The summed E-state index contributed by atoms with van der Waals surface area (Å²) in [4.78, 5) is 2.13. The van der Waals surface area contributed by atoms with Crippen LogP contribution < -0.4 is 14.8 Å². The van der Waals surface area contributed by atoms with E-state index in [0.717, 1.165) is 24.2 Å². The lowest BCUT2D eigenvalue weighted by Gasteiger charge is -2.15. The highest BCUT2D eigenvalue weighted by Gasteiger charge is 2.11. The number of benzene rings is 2. The Morgan fingerprint density at radius 2 is 1.88 bits per heavy atom. The van der Waals surface area contributed by atoms with Crippen molar-refractivity contribution in [1.82, 2.24) is 10.2 Å². The molecule has 0 amide bonds. The highest BCUT2D eigenvalue weighted by molar-refractivity contribution is 6.31. The number of methoxy groups -OCH3 is 1. The Hall–Kier alpha value is -1.46. The maximum absolute atomic E-state index is 6.40. The van der Waals surface area contributed by atoms with Gasteiger partial charge in [0, 0.05) is 35.7 Å². The second-order valence-electron chi connectivity index (χ2n) is 5.99. The number of halogens is 2. The van der Waals surface area contributed by atoms with Gasteiger partial charge >= 0.3 is 0 Å². The number of hydrogen-bond donors (Lipinski definition) is 1. The molecular formula is C19H24Cl2N2O2. The van der Waals surface area contributed by atoms with Gasteiger partial charge in [-0.15, -0.1) is 0 Å². The zero-order chi connectivity index (χ0) is 18.2. The van der Waals surface area contributed by atoms with Crippen molar-refractivity contribution >= 4 is 23.2 Å². The first-order chi connectivity index (χ1) is 12.0. The van der Waals surface area contributed by atoms with Gasteiger partial charge in [0.15, 0.2) is 11.5 Å². The van der Waals surface area contributed by atoms with Crippen LogP contribution in [0.1, 0.15) is 11.1 Å². The van der Waals surface area contributed by atoms with Gasteiger partial charge in [-0.3, -0.25) is 0 Å². The molecule has 25 heavy (non-hydrogen) atoms. The van der Waals surface area contributed by atoms with Crippen LogP contribution in [-0.4, -0.2) is 39.2 Å². The van der Waals surface area contributed by atoms with Gasteiger partial charge in [0.25, 0.3) is 0 Å². The summed E-state index contributed by atoms with van der Waals surface area (Å²) in [6.07, 6.45) is 0. The lowest BCUT2D eigenvalue weighted by Crippen LogP contribution is -2.26. The summed E-state index contributed by atoms with van der Waals surface area (Å²) >= 11 is 12.4. The summed E-state index contributed by atoms with van der Waals surface area (Å²) in [5.74, 6) is 1.28. The SMILES string of the molecule is COc1cc(CNCCN(C)C)c(Cl)cc1OCc1cccc(Cl)c1. The number of nitrogens with one attached hydrogen (secondary N) is 1. The fourth-order valence-electron chi connectivity index (χ4n) is 2.30. The van der Waals surface area contributed by atoms with Gasteiger partial charge in [-0.1, -0.05) is 35.3 Å². The highest BCUT2D eigenvalue weighted by atomic mass is 35.5. The van der Waals surface area contributed by atoms with Crippen LogP contribution in [0.3, 0.4) is 0 Å². The maximum Gasteiger partial charge on any atom is 0.163 e. The van der Waals surface area contributed by atoms with E-state index in [1.807, 2.05) is 44.4 Å². The lowest BCUT2D eigenvalue weighted by atomic mass is 10.2. The Bertz CT molecular complexity index is 693. The molecule has 6 heteroatoms. The Morgan fingerprint density at radius 1 is 1.08 bits per heavy atom. The molecule has 0 bridgehead atoms. The second kappa shape index (κ2) is 9.88. The highest BCUT2D eigenvalue weighted by Crippen LogP contribution is 2.34. The summed E-state index contributed by atoms with van der Waals surface area (Å²) in [6, 6.07) is 11.3. The predicted octanol–water partition coefficient (Wildman–Crippen LogP) is 4.23. The number of ether oxygens (including phenoxy) is 2. The first kappa shape index (κ1) is 19.9. The molecule has 0 saturated heterocycles. The molecule has 0 heterocycles. The molecule has 0 fully saturated rings. The van der Waals surface area contributed by atoms with Gasteiger partial charge in [-0.05, 0) is 43.4 Å². The normalized spacial score (nSPS) is 11.0. The third-order valence-electron chi connectivity index (χ3n) is 3.67. The van der Waals surface area contributed by atoms with E-state index in [2.05, 4.69) is 10.2 Å². The van der Waals surface area contributed by atoms with Crippen LogP contribution in [0.15, 0.2) is 36.4 Å². The molecule has 0 unspecified atom stereocenters. The average molecular weight is 383 g/mol. The fourth-order valence-corrected chi connectivity index (χ4v) is 2.73. The van der Waals surface area contributed by atoms with Gasteiger partial charge < -0.3 is 19.7 Å². The first-order valence-electron chi connectivity index (χ1n) is 8.08. The van der Waals surface area contributed by atoms with Crippen LogP contribution in [0, 0.1) is 0 Å². The van der Waals surface area contributed by atoms with E-state index in [1.54, 1.807) is 13.2 Å². The van der Waals surface area contributed by atoms with Crippen LogP contribution >= 0.6 is 23.2 Å². The van der Waals surface area contributed by atoms with Crippen molar-refractivity contribution in [2.75, 3.05) is 34.3 Å². The molecule has 0 atom stereocenters. The Morgan fingerprint density at radius 3 is 2.56 bits per heavy atom. The van der Waals surface area contributed by atoms with E-state index in [4.69, 9.17) is 32.7 Å². The average Bonchev–Trinajstić information content (AvgIpc) is 2.58. The van der Waals surface area contributed by atoms with Crippen molar-refractivity contribution < 1.29 is 9.47 Å². The summed E-state index contributed by atoms with van der Waals surface area (Å²) in [6.45, 7) is 2.93. The van der Waals surface area contributed by atoms with Crippen LogP contribution in [0.25, 0.3) is 0 Å². The Kier molecular flexibility index (Phi) is 7.85. The Balaban J connectivity index is 2.02. The van der Waals surface area contributed by atoms with Gasteiger partial charge in [-0.25, -0.2) is 0 Å². The van der Waals surface area contributed by atoms with Crippen molar-refractivity contribution in [3.8, 4) is 11.5 Å². The molecule has 136 valence electrons. The molecule has 0 aromatic heterocycles. The minimum Gasteiger partial charge on any atom is -0.493 e. The molecule has 0 spiro atoms. The van der Waals surface area contributed by atoms with E-state index < -0.39 is 0 Å². The van der Waals surface area contributed by atoms with E-state index in [1.165, 1.54) is 0 Å². The van der Waals surface area contributed by atoms with Crippen molar-refractivity contribution in [2.45, 2.75) is 13.2 Å². The van der Waals surface area contributed by atoms with Gasteiger partial charge in [0.1, 0.15) is 6.61 Å². The molecule has 4 nitrogen and oxygen atoms in total. The van der Waals surface area contributed by atoms with Crippen molar-refractivity contribution in [2.24, 2.45) is 0 Å². The van der Waals surface area contributed by atoms with Gasteiger partial charge in [-0.2, -0.15) is 0 Å². The molecule has 0 aliphatic heterocycles. The molecule has 2 aromatic carbocycles. The minimum absolute atomic E-state index is 0.397. The third kappa shape index (κ3) is 6.40. The fraction of sp³-hybridized carbons (Fsp3) is 0.368. The minimum atomic E-state index is 0.397. The summed E-state index contributed by atoms with van der Waals surface area (Å²) in [5, 5.41) is 4.71. The quantitative estimate of drug-likeness (QED) is 0.657. The maximum atomic E-state index is 6.40. The zero-order valence-corrected chi connectivity index (χ0v) is 16.3. The van der Waals surface area contributed by atoms with E-state index in [0.29, 0.717) is 34.7 Å². The third-order valence-corrected chi connectivity index (χ3v) is 4.25. The molecule has 1 N–H and O–H groups in total. The summed E-state index contributed by atoms with van der Waals surface area (Å²) < 4.78 is 11.3. The first-order valence-corrected chi connectivity index (χ1v) is 8.84. The second-order valence-corrected chi connectivity index (χ2v) is 6.84. The molecule has 0 aliphatic carbocycles. The van der Waals surface area contributed by atoms with Crippen LogP contribution in [0.4, 0.5) is 0 Å². The largest absolute Gasteiger partial charge is 0.493 e. The summed E-state index contributed by atoms with van der Waals surface area (Å²) in [7, 11) is 5.71. The zero-order valence-electron chi connectivity index (χ0n) is 14.8. The number of rotatable bonds is 9. The molecule has 0 radical (unpaired) electrons. The molecule has 0 saturated carbocycles. The van der Waals surface area contributed by atoms with Crippen molar-refractivity contribution in [3.63, 3.8) is 0 Å². The number of nitrogens with zero attached hydrogens (tertiary/aromatic N) is 1. The predicted molar refractivity (Wildman–Crippen MR) is 104 cm³/mol. The van der Waals surface area contributed by atoms with Crippen LogP contribution in [0.2, 0.25) is 10.0 Å². The number of likely N-dealkylation sites (N-methyl/N-ethyl adjacent to an activating group) is 1. The monoisotopic (exact) mass is 382 g/mol. The molecular weight excluding hydrogens is 359 g/mol. The number of hydrogen-bond acceptors (Lipinski definition) is 4. The standard InChI is InChI=1S/C19H24Cl2N2O2/c1-23(2)8-7-22-12-15-10-18(24-3)19(11-17(15)21)25-13-14-5-4-6-16(20)9-14/h4-6,9-11,22H,7-8,12-13H2,1-3H3. The smallest absolute Gasteiger partial charge is 0.163 e. The molecule has 0 aliphatic rings. The molecule has 2 rings (SSSR count). The van der Waals surface area contributed by atoms with E-state index in [-0.39, 0.29) is 0 Å².